The van der Waals surface area contributed by atoms with Crippen LogP contribution in [0.25, 0.3) is 0 Å². The number of esters is 3. The highest BCUT2D eigenvalue weighted by molar-refractivity contribution is 7.96. The first kappa shape index (κ1) is 45.1. The summed E-state index contributed by atoms with van der Waals surface area (Å²) in [7, 11) is -2.45. The van der Waals surface area contributed by atoms with Gasteiger partial charge in [-0.1, -0.05) is 124 Å². The van der Waals surface area contributed by atoms with Crippen LogP contribution in [0.1, 0.15) is 58.8 Å². The van der Waals surface area contributed by atoms with Crippen molar-refractivity contribution in [3.05, 3.63) is 133 Å². The van der Waals surface area contributed by atoms with E-state index in [1.165, 1.54) is 11.0 Å². The molecule has 0 N–H and O–H groups in total. The Hall–Kier alpha value is -5.02. The first-order valence-corrected chi connectivity index (χ1v) is 25.1. The highest BCUT2D eigenvalue weighted by Crippen LogP contribution is 2.51. The van der Waals surface area contributed by atoms with Crippen molar-refractivity contribution in [2.45, 2.75) is 78.7 Å². The summed E-state index contributed by atoms with van der Waals surface area (Å²) in [6.07, 6.45) is 0.836. The molecule has 9 nitrogen and oxygen atoms in total. The lowest BCUT2D eigenvalue weighted by Crippen LogP contribution is -2.71. The van der Waals surface area contributed by atoms with E-state index in [9.17, 15) is 9.59 Å². The topological polar surface area (TPSA) is 102 Å². The Morgan fingerprint density at radius 3 is 1.71 bits per heavy atom. The van der Waals surface area contributed by atoms with Crippen molar-refractivity contribution < 1.29 is 33.1 Å². The van der Waals surface area contributed by atoms with Gasteiger partial charge in [-0.2, -0.15) is 0 Å². The predicted octanol–water partition coefficient (Wildman–Crippen LogP) is 7.94. The molecule has 1 aliphatic rings. The Kier molecular flexibility index (Phi) is 14.5. The molecule has 1 heterocycles. The molecule has 0 bridgehead atoms. The summed E-state index contributed by atoms with van der Waals surface area (Å²) in [5.41, 5.74) is 1.28. The molecule has 11 heteroatoms. The Bertz CT molecular complexity index is 2060. The number of hydrogen-bond donors (Lipinski definition) is 0. The fourth-order valence-corrected chi connectivity index (χ4v) is 13.5. The van der Waals surface area contributed by atoms with Crippen molar-refractivity contribution in [2.24, 2.45) is 11.8 Å². The van der Waals surface area contributed by atoms with Crippen LogP contribution < -0.4 is 20.8 Å². The van der Waals surface area contributed by atoms with Crippen LogP contribution in [0.3, 0.4) is 0 Å². The Labute approximate surface area is 351 Å². The van der Waals surface area contributed by atoms with Crippen LogP contribution in [0, 0.1) is 11.8 Å². The monoisotopic (exact) mass is 834 g/mol. The summed E-state index contributed by atoms with van der Waals surface area (Å²) in [5, 5.41) is 2.24. The molecule has 312 valence electrons. The van der Waals surface area contributed by atoms with Crippen molar-refractivity contribution in [3.8, 4) is 0 Å². The van der Waals surface area contributed by atoms with Gasteiger partial charge >= 0.3 is 17.9 Å². The van der Waals surface area contributed by atoms with E-state index < -0.39 is 57.1 Å². The molecular formula is C48H59N2O7PSi. The van der Waals surface area contributed by atoms with E-state index in [1.807, 2.05) is 110 Å². The maximum atomic E-state index is 15.2. The number of likely N-dealkylation sites (tertiary alicyclic amines) is 1. The third-order valence-corrected chi connectivity index (χ3v) is 20.6. The Morgan fingerprint density at radius 1 is 0.814 bits per heavy atom. The molecule has 1 amide bonds. The maximum Gasteiger partial charge on any atom is 0.356 e. The Morgan fingerprint density at radius 2 is 1.29 bits per heavy atom. The van der Waals surface area contributed by atoms with Gasteiger partial charge in [-0.05, 0) is 86.0 Å². The van der Waals surface area contributed by atoms with E-state index in [0.29, 0.717) is 0 Å². The van der Waals surface area contributed by atoms with Gasteiger partial charge in [0.2, 0.25) is 5.91 Å². The zero-order valence-corrected chi connectivity index (χ0v) is 37.8. The number of ether oxygens (including phenoxy) is 2. The molecule has 1 saturated heterocycles. The molecular weight excluding hydrogens is 776 g/mol. The van der Waals surface area contributed by atoms with Crippen LogP contribution in [0.5, 0.6) is 0 Å². The molecule has 59 heavy (non-hydrogen) atoms. The third kappa shape index (κ3) is 9.10. The summed E-state index contributed by atoms with van der Waals surface area (Å²) in [4.78, 5) is 61.8. The number of nitrogens with zero attached hydrogens (tertiary/aromatic N) is 2. The first-order valence-electron chi connectivity index (χ1n) is 20.4. The second-order valence-electron chi connectivity index (χ2n) is 16.4. The normalized spacial score (nSPS) is 16.6. The molecule has 0 aliphatic carbocycles. The second kappa shape index (κ2) is 18.9. The van der Waals surface area contributed by atoms with Crippen LogP contribution in [0.2, 0.25) is 18.1 Å². The van der Waals surface area contributed by atoms with Crippen LogP contribution >= 0.6 is 6.89 Å². The van der Waals surface area contributed by atoms with Crippen molar-refractivity contribution in [3.63, 3.8) is 0 Å². The number of carbonyl (C=O) groups is 4. The fraction of sp³-hybridized carbons (Fsp3) is 0.354. The predicted molar refractivity (Wildman–Crippen MR) is 243 cm³/mol. The molecule has 4 aromatic rings. The van der Waals surface area contributed by atoms with Crippen molar-refractivity contribution in [1.29, 1.82) is 0 Å². The number of anilines is 1. The van der Waals surface area contributed by atoms with Gasteiger partial charge in [0.1, 0.15) is 12.0 Å². The van der Waals surface area contributed by atoms with E-state index in [-0.39, 0.29) is 28.5 Å². The average Bonchev–Trinajstić information content (AvgIpc) is 3.22. The van der Waals surface area contributed by atoms with E-state index in [2.05, 4.69) is 59.2 Å². The summed E-state index contributed by atoms with van der Waals surface area (Å²) in [6, 6.07) is 35.0. The highest BCUT2D eigenvalue weighted by Gasteiger charge is 2.60. The molecule has 1 aliphatic heterocycles. The minimum atomic E-state index is -3.29. The summed E-state index contributed by atoms with van der Waals surface area (Å²) in [6.45, 7) is 20.2. The van der Waals surface area contributed by atoms with E-state index in [0.717, 1.165) is 34.7 Å². The summed E-state index contributed by atoms with van der Waals surface area (Å²) in [5.74, 6) is -4.65. The van der Waals surface area contributed by atoms with E-state index in [1.54, 1.807) is 19.1 Å². The lowest BCUT2D eigenvalue weighted by molar-refractivity contribution is -0.165. The van der Waals surface area contributed by atoms with Crippen molar-refractivity contribution >= 4 is 66.0 Å². The lowest BCUT2D eigenvalue weighted by atomic mass is 9.76. The van der Waals surface area contributed by atoms with E-state index >= 15 is 9.59 Å². The summed E-state index contributed by atoms with van der Waals surface area (Å²) >= 11 is 0. The molecule has 0 unspecified atom stereocenters. The Balaban J connectivity index is 1.75. The number of β-lactam (4-membered cyclic amide) rings is 1. The molecule has 5 rings (SSSR count). The SMILES string of the molecule is C=CCOC(=O)C(N1C(=O)[C@H]([C@H](C)O[Si](C)(C)C(C)(C)C)[C@H]1[C@@H](C)C(=O)OC(=O)c1ccc(N(CC)CC)cc1)=P(c1ccccc1)(c1ccccc1)c1ccccc1. The second-order valence-corrected chi connectivity index (χ2v) is 24.5. The number of benzene rings is 4. The van der Waals surface area contributed by atoms with Gasteiger partial charge in [-0.3, -0.25) is 9.59 Å². The van der Waals surface area contributed by atoms with Gasteiger partial charge in [0.15, 0.2) is 8.32 Å². The van der Waals surface area contributed by atoms with Crippen molar-refractivity contribution in [1.82, 2.24) is 4.90 Å². The number of hydrogen-bond acceptors (Lipinski definition) is 8. The van der Waals surface area contributed by atoms with Crippen LogP contribution in [-0.4, -0.2) is 74.3 Å². The zero-order chi connectivity index (χ0) is 43.1. The van der Waals surface area contributed by atoms with Gasteiger partial charge in [0, 0.05) is 25.7 Å². The molecule has 0 saturated carbocycles. The quantitative estimate of drug-likeness (QED) is 0.0280. The maximum absolute atomic E-state index is 15.2. The van der Waals surface area contributed by atoms with Crippen molar-refractivity contribution in [2.75, 3.05) is 24.6 Å². The highest BCUT2D eigenvalue weighted by atomic mass is 31.2. The molecule has 4 atom stereocenters. The fourth-order valence-electron chi connectivity index (χ4n) is 7.65. The molecule has 0 radical (unpaired) electrons. The lowest BCUT2D eigenvalue weighted by Gasteiger charge is -2.54. The van der Waals surface area contributed by atoms with Gasteiger partial charge < -0.3 is 23.7 Å². The van der Waals surface area contributed by atoms with Crippen LogP contribution in [0.15, 0.2) is 128 Å². The molecule has 0 aromatic heterocycles. The largest absolute Gasteiger partial charge is 0.457 e. The smallest absolute Gasteiger partial charge is 0.356 e. The van der Waals surface area contributed by atoms with Gasteiger partial charge in [0.25, 0.3) is 0 Å². The standard InChI is InChI=1S/C48H59N2O7PSi/c1-11-33-55-47(54)44(58(38-23-17-14-18-24-38,39-25-19-15-20-26-39)40-27-21-16-22-28-40)50-42(41(43(50)51)35(5)57-59(9,10)48(6,7)8)34(4)45(52)56-46(53)36-29-31-37(32-30-36)49(12-2)13-3/h11,14-32,34-35,41-42H,1,12-13,33H2,2-10H3/t34-,35+,41-,42-/m1/s1. The molecule has 1 fully saturated rings. The molecule has 4 aromatic carbocycles. The average molecular weight is 835 g/mol. The first-order chi connectivity index (χ1) is 28.0. The minimum Gasteiger partial charge on any atom is -0.457 e. The van der Waals surface area contributed by atoms with Gasteiger partial charge in [-0.15, -0.1) is 0 Å². The number of carbonyl (C=O) groups excluding carboxylic acids is 4. The van der Waals surface area contributed by atoms with Crippen LogP contribution in [0.4, 0.5) is 5.69 Å². The third-order valence-electron chi connectivity index (χ3n) is 11.8. The van der Waals surface area contributed by atoms with E-state index in [4.69, 9.17) is 13.9 Å². The van der Waals surface area contributed by atoms with Crippen LogP contribution in [-0.2, 0) is 28.3 Å². The number of rotatable bonds is 16. The minimum absolute atomic E-state index is 0.110. The molecule has 0 spiro atoms. The number of amides is 1. The summed E-state index contributed by atoms with van der Waals surface area (Å²) < 4.78 is 18.4. The van der Waals surface area contributed by atoms with Gasteiger partial charge in [-0.25, -0.2) is 9.59 Å². The zero-order valence-electron chi connectivity index (χ0n) is 35.9. The van der Waals surface area contributed by atoms with Gasteiger partial charge in [0.05, 0.1) is 29.5 Å².